The number of unbranched alkanes of at least 4 members (excludes halogenated alkanes) is 23. The number of carbonyl (C=O) groups is 3. The van der Waals surface area contributed by atoms with E-state index in [1.54, 1.807) is 0 Å². The molecule has 1 atom stereocenters. The Morgan fingerprint density at radius 1 is 0.324 bits per heavy atom. The van der Waals surface area contributed by atoms with Gasteiger partial charge in [-0.1, -0.05) is 239 Å². The fourth-order valence-electron chi connectivity index (χ4n) is 7.20. The maximum Gasteiger partial charge on any atom is 0.306 e. The number of hydrogen-bond donors (Lipinski definition) is 0. The SMILES string of the molecule is CC\C=C/C=C\C=C/C=C\CCCCCCCC(=O)OCC(COC(=O)CCCCCCC\C=C/C=C\C=C/C=C\CCCCC)OC(=O)CCCCCCCCC/C=C\C/C=C\CCCCC. The van der Waals surface area contributed by atoms with E-state index in [4.69, 9.17) is 14.2 Å². The zero-order chi connectivity index (χ0) is 49.3. The van der Waals surface area contributed by atoms with Crippen LogP contribution in [-0.4, -0.2) is 37.2 Å². The lowest BCUT2D eigenvalue weighted by molar-refractivity contribution is -0.167. The van der Waals surface area contributed by atoms with Crippen molar-refractivity contribution in [3.8, 4) is 0 Å². The minimum absolute atomic E-state index is 0.105. The van der Waals surface area contributed by atoms with Crippen molar-refractivity contribution < 1.29 is 28.6 Å². The zero-order valence-electron chi connectivity index (χ0n) is 43.8. The molecule has 0 saturated carbocycles. The average molecular weight is 941 g/mol. The molecule has 384 valence electrons. The van der Waals surface area contributed by atoms with Gasteiger partial charge in [0.1, 0.15) is 13.2 Å². The molecule has 6 heteroatoms. The topological polar surface area (TPSA) is 78.9 Å². The van der Waals surface area contributed by atoms with Crippen LogP contribution in [0.15, 0.2) is 122 Å². The molecular weight excluding hydrogens is 841 g/mol. The number of rotatable bonds is 48. The van der Waals surface area contributed by atoms with Crippen LogP contribution in [0.4, 0.5) is 0 Å². The molecule has 0 aromatic carbocycles. The minimum atomic E-state index is -0.806. The second kappa shape index (κ2) is 55.4. The van der Waals surface area contributed by atoms with Crippen molar-refractivity contribution >= 4 is 17.9 Å². The van der Waals surface area contributed by atoms with Gasteiger partial charge in [0.15, 0.2) is 6.10 Å². The highest BCUT2D eigenvalue weighted by molar-refractivity contribution is 5.71. The maximum atomic E-state index is 12.8. The second-order valence-corrected chi connectivity index (χ2v) is 17.9. The summed E-state index contributed by atoms with van der Waals surface area (Å²) in [5, 5.41) is 0. The summed E-state index contributed by atoms with van der Waals surface area (Å²) >= 11 is 0. The first-order valence-corrected chi connectivity index (χ1v) is 27.6. The highest BCUT2D eigenvalue weighted by atomic mass is 16.6. The fraction of sp³-hybridized carbons (Fsp3) is 0.629. The van der Waals surface area contributed by atoms with Crippen LogP contribution in [-0.2, 0) is 28.6 Å². The van der Waals surface area contributed by atoms with Gasteiger partial charge in [-0.15, -0.1) is 0 Å². The number of esters is 3. The number of hydrogen-bond acceptors (Lipinski definition) is 6. The molecule has 0 heterocycles. The lowest BCUT2D eigenvalue weighted by Crippen LogP contribution is -2.30. The Labute approximate surface area is 418 Å². The molecule has 0 aliphatic rings. The third kappa shape index (κ3) is 52.8. The lowest BCUT2D eigenvalue weighted by Gasteiger charge is -2.18. The van der Waals surface area contributed by atoms with Crippen molar-refractivity contribution in [3.63, 3.8) is 0 Å². The quantitative estimate of drug-likeness (QED) is 0.0199. The Kier molecular flexibility index (Phi) is 52.0. The molecule has 0 bridgehead atoms. The standard InChI is InChI=1S/C62H100O6/c1-4-7-10-13-16-19-22-25-28-30-32-34-37-40-43-46-49-52-55-61(64)67-58-59(57-66-60(63)54-51-48-45-42-39-36-33-27-24-21-18-15-12-9-6-3)68-62(65)56-53-50-47-44-41-38-35-31-29-26-23-20-17-14-11-8-5-2/h9,12,15-22,24-30,32-34,59H,4-8,10-11,13-14,23,31,35-58H2,1-3H3/b12-9-,18-15-,19-16-,20-17-,24-21-,25-22-,29-26-,30-28-,33-27-,34-32-. The average Bonchev–Trinajstić information content (AvgIpc) is 3.34. The smallest absolute Gasteiger partial charge is 0.306 e. The summed E-state index contributed by atoms with van der Waals surface area (Å²) in [5.41, 5.74) is 0. The molecule has 0 rings (SSSR count). The van der Waals surface area contributed by atoms with Gasteiger partial charge in [-0.05, 0) is 96.3 Å². The first-order chi connectivity index (χ1) is 33.5. The maximum absolute atomic E-state index is 12.8. The van der Waals surface area contributed by atoms with Gasteiger partial charge in [0, 0.05) is 19.3 Å². The molecule has 1 unspecified atom stereocenters. The summed E-state index contributed by atoms with van der Waals surface area (Å²) in [6.07, 6.45) is 76.0. The molecular formula is C62H100O6. The Balaban J connectivity index is 4.51. The van der Waals surface area contributed by atoms with Crippen LogP contribution in [0.25, 0.3) is 0 Å². The van der Waals surface area contributed by atoms with E-state index in [0.29, 0.717) is 19.3 Å². The third-order valence-corrected chi connectivity index (χ3v) is 11.4. The zero-order valence-corrected chi connectivity index (χ0v) is 43.8. The summed E-state index contributed by atoms with van der Waals surface area (Å²) in [4.78, 5) is 38.1. The molecule has 0 saturated heterocycles. The van der Waals surface area contributed by atoms with E-state index < -0.39 is 6.10 Å². The molecule has 0 N–H and O–H groups in total. The normalized spacial score (nSPS) is 13.0. The Bertz CT molecular complexity index is 1450. The Morgan fingerprint density at radius 2 is 0.632 bits per heavy atom. The van der Waals surface area contributed by atoms with Crippen molar-refractivity contribution in [2.75, 3.05) is 13.2 Å². The van der Waals surface area contributed by atoms with Gasteiger partial charge in [0.25, 0.3) is 0 Å². The number of ether oxygens (including phenoxy) is 3. The molecule has 0 aromatic rings. The van der Waals surface area contributed by atoms with Crippen molar-refractivity contribution in [2.45, 2.75) is 239 Å². The van der Waals surface area contributed by atoms with Crippen molar-refractivity contribution in [1.29, 1.82) is 0 Å². The first-order valence-electron chi connectivity index (χ1n) is 27.6. The summed E-state index contributed by atoms with van der Waals surface area (Å²) < 4.78 is 16.8. The van der Waals surface area contributed by atoms with Gasteiger partial charge in [0.2, 0.25) is 0 Å². The molecule has 0 amide bonds. The lowest BCUT2D eigenvalue weighted by atomic mass is 10.1. The Hall–Kier alpha value is -4.19. The van der Waals surface area contributed by atoms with E-state index in [9.17, 15) is 14.4 Å². The van der Waals surface area contributed by atoms with Crippen molar-refractivity contribution in [1.82, 2.24) is 0 Å². The van der Waals surface area contributed by atoms with Crippen LogP contribution in [0, 0.1) is 0 Å². The molecule has 0 aromatic heterocycles. The van der Waals surface area contributed by atoms with Gasteiger partial charge in [0.05, 0.1) is 0 Å². The van der Waals surface area contributed by atoms with E-state index in [2.05, 4.69) is 124 Å². The van der Waals surface area contributed by atoms with E-state index in [0.717, 1.165) is 122 Å². The predicted molar refractivity (Wildman–Crippen MR) is 293 cm³/mol. The van der Waals surface area contributed by atoms with E-state index in [1.165, 1.54) is 70.6 Å². The molecule has 68 heavy (non-hydrogen) atoms. The van der Waals surface area contributed by atoms with Crippen LogP contribution >= 0.6 is 0 Å². The summed E-state index contributed by atoms with van der Waals surface area (Å²) in [7, 11) is 0. The molecule has 0 spiro atoms. The second-order valence-electron chi connectivity index (χ2n) is 17.9. The molecule has 0 fully saturated rings. The highest BCUT2D eigenvalue weighted by Crippen LogP contribution is 2.14. The monoisotopic (exact) mass is 941 g/mol. The van der Waals surface area contributed by atoms with Crippen LogP contribution in [0.1, 0.15) is 233 Å². The third-order valence-electron chi connectivity index (χ3n) is 11.4. The van der Waals surface area contributed by atoms with Crippen LogP contribution < -0.4 is 0 Å². The van der Waals surface area contributed by atoms with E-state index in [-0.39, 0.29) is 31.1 Å². The summed E-state index contributed by atoms with van der Waals surface area (Å²) in [6.45, 7) is 6.38. The van der Waals surface area contributed by atoms with Crippen LogP contribution in [0.5, 0.6) is 0 Å². The Morgan fingerprint density at radius 3 is 1.01 bits per heavy atom. The van der Waals surface area contributed by atoms with Gasteiger partial charge < -0.3 is 14.2 Å². The van der Waals surface area contributed by atoms with E-state index >= 15 is 0 Å². The van der Waals surface area contributed by atoms with Crippen LogP contribution in [0.3, 0.4) is 0 Å². The van der Waals surface area contributed by atoms with Crippen molar-refractivity contribution in [3.05, 3.63) is 122 Å². The molecule has 0 aliphatic heterocycles. The minimum Gasteiger partial charge on any atom is -0.462 e. The highest BCUT2D eigenvalue weighted by Gasteiger charge is 2.19. The summed E-state index contributed by atoms with van der Waals surface area (Å²) in [5.74, 6) is -0.960. The largest absolute Gasteiger partial charge is 0.462 e. The van der Waals surface area contributed by atoms with Gasteiger partial charge in [-0.25, -0.2) is 0 Å². The summed E-state index contributed by atoms with van der Waals surface area (Å²) in [6, 6.07) is 0. The van der Waals surface area contributed by atoms with Gasteiger partial charge >= 0.3 is 17.9 Å². The van der Waals surface area contributed by atoms with Gasteiger partial charge in [-0.3, -0.25) is 14.4 Å². The van der Waals surface area contributed by atoms with E-state index in [1.807, 2.05) is 18.2 Å². The number of allylic oxidation sites excluding steroid dienone is 20. The van der Waals surface area contributed by atoms with Crippen LogP contribution in [0.2, 0.25) is 0 Å². The fourth-order valence-corrected chi connectivity index (χ4v) is 7.20. The predicted octanol–water partition coefficient (Wildman–Crippen LogP) is 18.5. The van der Waals surface area contributed by atoms with Gasteiger partial charge in [-0.2, -0.15) is 0 Å². The first kappa shape index (κ1) is 63.8. The molecule has 0 aliphatic carbocycles. The number of carbonyl (C=O) groups excluding carboxylic acids is 3. The van der Waals surface area contributed by atoms with Crippen molar-refractivity contribution in [2.24, 2.45) is 0 Å². The molecule has 6 nitrogen and oxygen atoms in total. The molecule has 0 radical (unpaired) electrons.